The molecule has 0 saturated carbocycles. The molecule has 2 nitrogen and oxygen atoms in total. The summed E-state index contributed by atoms with van der Waals surface area (Å²) >= 11 is 1.93. The Kier molecular flexibility index (Phi) is 3.65. The zero-order valence-corrected chi connectivity index (χ0v) is 9.45. The minimum Gasteiger partial charge on any atom is -0.460 e. The Balaban J connectivity index is 2.38. The molecule has 1 saturated heterocycles. The maximum absolute atomic E-state index is 11.6. The minimum absolute atomic E-state index is 0.00667. The van der Waals surface area contributed by atoms with Crippen LogP contribution in [0.2, 0.25) is 0 Å². The topological polar surface area (TPSA) is 26.3 Å². The number of rotatable bonds is 1. The van der Waals surface area contributed by atoms with Crippen molar-refractivity contribution in [2.45, 2.75) is 39.2 Å². The van der Waals surface area contributed by atoms with Gasteiger partial charge in [0.1, 0.15) is 5.60 Å². The summed E-state index contributed by atoms with van der Waals surface area (Å²) in [5, 5.41) is 0. The normalized spacial score (nSPS) is 19.9. The number of hydrogen-bond donors (Lipinski definition) is 0. The van der Waals surface area contributed by atoms with Gasteiger partial charge in [-0.15, -0.1) is 0 Å². The van der Waals surface area contributed by atoms with E-state index in [-0.39, 0.29) is 17.5 Å². The molecular weight excluding hydrogens is 184 g/mol. The Bertz CT molecular complexity index is 178. The van der Waals surface area contributed by atoms with E-state index in [2.05, 4.69) is 0 Å². The van der Waals surface area contributed by atoms with E-state index in [9.17, 15) is 4.79 Å². The Morgan fingerprint density at radius 1 is 1.31 bits per heavy atom. The van der Waals surface area contributed by atoms with Crippen molar-refractivity contribution in [2.75, 3.05) is 11.5 Å². The molecule has 0 N–H and O–H groups in total. The van der Waals surface area contributed by atoms with Gasteiger partial charge in [-0.1, -0.05) is 0 Å². The van der Waals surface area contributed by atoms with Crippen LogP contribution in [-0.4, -0.2) is 23.1 Å². The lowest BCUT2D eigenvalue weighted by molar-refractivity contribution is -0.160. The molecule has 0 aromatic heterocycles. The monoisotopic (exact) mass is 202 g/mol. The Hall–Kier alpha value is -0.180. The first-order chi connectivity index (χ1) is 5.99. The molecule has 0 atom stereocenters. The summed E-state index contributed by atoms with van der Waals surface area (Å²) in [5.41, 5.74) is -0.332. The molecule has 76 valence electrons. The van der Waals surface area contributed by atoms with E-state index < -0.39 is 0 Å². The SMILES string of the molecule is CC(C)(C)OC(=O)C1CCSCC1. The van der Waals surface area contributed by atoms with Crippen molar-refractivity contribution < 1.29 is 9.53 Å². The molecule has 3 heteroatoms. The molecule has 1 aliphatic rings. The van der Waals surface area contributed by atoms with Gasteiger partial charge in [0.05, 0.1) is 5.92 Å². The first kappa shape index (κ1) is 10.9. The lowest BCUT2D eigenvalue weighted by Crippen LogP contribution is -2.30. The number of thioether (sulfide) groups is 1. The highest BCUT2D eigenvalue weighted by Gasteiger charge is 2.26. The minimum atomic E-state index is -0.332. The second-order valence-corrected chi connectivity index (χ2v) is 5.64. The summed E-state index contributed by atoms with van der Waals surface area (Å²) in [5.74, 6) is 2.35. The second kappa shape index (κ2) is 4.36. The first-order valence-corrected chi connectivity index (χ1v) is 5.95. The average molecular weight is 202 g/mol. The summed E-state index contributed by atoms with van der Waals surface area (Å²) in [6.45, 7) is 5.76. The number of ether oxygens (including phenoxy) is 1. The van der Waals surface area contributed by atoms with Crippen LogP contribution in [0.25, 0.3) is 0 Å². The molecular formula is C10H18O2S. The van der Waals surface area contributed by atoms with Gasteiger partial charge in [-0.05, 0) is 45.1 Å². The maximum atomic E-state index is 11.6. The molecule has 0 spiro atoms. The van der Waals surface area contributed by atoms with Crippen LogP contribution in [0.5, 0.6) is 0 Å². The molecule has 0 unspecified atom stereocenters. The van der Waals surface area contributed by atoms with E-state index in [0.717, 1.165) is 24.3 Å². The number of carbonyl (C=O) groups is 1. The van der Waals surface area contributed by atoms with Gasteiger partial charge >= 0.3 is 5.97 Å². The molecule has 1 fully saturated rings. The molecule has 0 aliphatic carbocycles. The van der Waals surface area contributed by atoms with Crippen molar-refractivity contribution in [3.05, 3.63) is 0 Å². The predicted octanol–water partition coefficient (Wildman–Crippen LogP) is 2.47. The fourth-order valence-electron chi connectivity index (χ4n) is 1.32. The van der Waals surface area contributed by atoms with Crippen molar-refractivity contribution in [1.29, 1.82) is 0 Å². The van der Waals surface area contributed by atoms with Crippen LogP contribution in [0.3, 0.4) is 0 Å². The molecule has 13 heavy (non-hydrogen) atoms. The van der Waals surface area contributed by atoms with Gasteiger partial charge in [0.15, 0.2) is 0 Å². The summed E-state index contributed by atoms with van der Waals surface area (Å²) < 4.78 is 5.33. The van der Waals surface area contributed by atoms with Crippen LogP contribution in [-0.2, 0) is 9.53 Å². The van der Waals surface area contributed by atoms with Gasteiger partial charge in [0.25, 0.3) is 0 Å². The summed E-state index contributed by atoms with van der Waals surface area (Å²) in [7, 11) is 0. The van der Waals surface area contributed by atoms with Gasteiger partial charge in [-0.2, -0.15) is 11.8 Å². The molecule has 0 amide bonds. The second-order valence-electron chi connectivity index (χ2n) is 4.42. The van der Waals surface area contributed by atoms with Crippen LogP contribution >= 0.6 is 11.8 Å². The van der Waals surface area contributed by atoms with E-state index in [1.165, 1.54) is 0 Å². The lowest BCUT2D eigenvalue weighted by atomic mass is 10.0. The molecule has 0 aromatic rings. The van der Waals surface area contributed by atoms with Gasteiger partial charge in [0, 0.05) is 0 Å². The zero-order valence-electron chi connectivity index (χ0n) is 8.63. The van der Waals surface area contributed by atoms with E-state index >= 15 is 0 Å². The van der Waals surface area contributed by atoms with Crippen LogP contribution in [0, 0.1) is 5.92 Å². The van der Waals surface area contributed by atoms with Crippen LogP contribution in [0.4, 0.5) is 0 Å². The van der Waals surface area contributed by atoms with E-state index in [4.69, 9.17) is 4.74 Å². The van der Waals surface area contributed by atoms with Gasteiger partial charge in [-0.3, -0.25) is 4.79 Å². The molecule has 0 aromatic carbocycles. The van der Waals surface area contributed by atoms with E-state index in [1.807, 2.05) is 32.5 Å². The molecule has 1 aliphatic heterocycles. The van der Waals surface area contributed by atoms with E-state index in [0.29, 0.717) is 0 Å². The van der Waals surface area contributed by atoms with Crippen LogP contribution in [0.15, 0.2) is 0 Å². The van der Waals surface area contributed by atoms with Crippen LogP contribution in [0.1, 0.15) is 33.6 Å². The fraction of sp³-hybridized carbons (Fsp3) is 0.900. The largest absolute Gasteiger partial charge is 0.460 e. The predicted molar refractivity (Wildman–Crippen MR) is 55.9 cm³/mol. The molecule has 1 rings (SSSR count). The van der Waals surface area contributed by atoms with Crippen LogP contribution < -0.4 is 0 Å². The number of esters is 1. The van der Waals surface area contributed by atoms with Gasteiger partial charge < -0.3 is 4.74 Å². The first-order valence-electron chi connectivity index (χ1n) is 4.79. The molecule has 0 bridgehead atoms. The highest BCUT2D eigenvalue weighted by Crippen LogP contribution is 2.25. The fourth-order valence-corrected chi connectivity index (χ4v) is 2.42. The Morgan fingerprint density at radius 3 is 2.31 bits per heavy atom. The van der Waals surface area contributed by atoms with Crippen molar-refractivity contribution in [3.63, 3.8) is 0 Å². The third-order valence-corrected chi connectivity index (χ3v) is 3.01. The quantitative estimate of drug-likeness (QED) is 0.611. The number of carbonyl (C=O) groups excluding carboxylic acids is 1. The summed E-state index contributed by atoms with van der Waals surface area (Å²) in [6, 6.07) is 0. The average Bonchev–Trinajstić information content (AvgIpc) is 2.03. The smallest absolute Gasteiger partial charge is 0.309 e. The molecule has 0 radical (unpaired) electrons. The summed E-state index contributed by atoms with van der Waals surface area (Å²) in [4.78, 5) is 11.6. The highest BCUT2D eigenvalue weighted by molar-refractivity contribution is 7.99. The Morgan fingerprint density at radius 2 is 1.85 bits per heavy atom. The highest BCUT2D eigenvalue weighted by atomic mass is 32.2. The maximum Gasteiger partial charge on any atom is 0.309 e. The molecule has 1 heterocycles. The third-order valence-electron chi connectivity index (χ3n) is 1.96. The van der Waals surface area contributed by atoms with Crippen molar-refractivity contribution in [1.82, 2.24) is 0 Å². The van der Waals surface area contributed by atoms with E-state index in [1.54, 1.807) is 0 Å². The van der Waals surface area contributed by atoms with Crippen molar-refractivity contribution in [2.24, 2.45) is 5.92 Å². The number of hydrogen-bond acceptors (Lipinski definition) is 3. The van der Waals surface area contributed by atoms with Crippen molar-refractivity contribution in [3.8, 4) is 0 Å². The van der Waals surface area contributed by atoms with Crippen molar-refractivity contribution >= 4 is 17.7 Å². The Labute approximate surface area is 84.4 Å². The lowest BCUT2D eigenvalue weighted by Gasteiger charge is -2.25. The van der Waals surface area contributed by atoms with Gasteiger partial charge in [-0.25, -0.2) is 0 Å². The standard InChI is InChI=1S/C10H18O2S/c1-10(2,3)12-9(11)8-4-6-13-7-5-8/h8H,4-7H2,1-3H3. The van der Waals surface area contributed by atoms with Gasteiger partial charge in [0.2, 0.25) is 0 Å². The third kappa shape index (κ3) is 4.03. The zero-order chi connectivity index (χ0) is 9.90. The summed E-state index contributed by atoms with van der Waals surface area (Å²) in [6.07, 6.45) is 1.97.